The minimum absolute atomic E-state index is 0.00875. The summed E-state index contributed by atoms with van der Waals surface area (Å²) in [4.78, 5) is 41.6. The molecule has 2 aromatic rings. The molecule has 0 bridgehead atoms. The molecule has 1 saturated heterocycles. The fourth-order valence-electron chi connectivity index (χ4n) is 4.13. The number of rotatable bonds is 8. The van der Waals surface area contributed by atoms with Crippen LogP contribution in [0.25, 0.3) is 10.8 Å². The highest BCUT2D eigenvalue weighted by Gasteiger charge is 2.42. The van der Waals surface area contributed by atoms with Gasteiger partial charge in [-0.25, -0.2) is 0 Å². The standard InChI is InChI=1S/C26H36N4O4/c1-26(2,3)25(34)30(24(33)21-9-6-12-28-21)22(23(32)29-16-20(31)15-27)14-17-10-11-18-7-4-5-8-19(18)13-17/h4-5,7-8,10-11,13,20-22,28,31H,6,9,12,14-16,27H2,1-3H3,(H,29,32)/t20?,21-,22+/m0/s1. The van der Waals surface area contributed by atoms with E-state index >= 15 is 0 Å². The number of imide groups is 1. The first-order valence-electron chi connectivity index (χ1n) is 11.9. The van der Waals surface area contributed by atoms with Crippen LogP contribution in [0.4, 0.5) is 0 Å². The van der Waals surface area contributed by atoms with Crippen LogP contribution in [0.1, 0.15) is 39.2 Å². The second kappa shape index (κ2) is 11.1. The largest absolute Gasteiger partial charge is 0.390 e. The van der Waals surface area contributed by atoms with E-state index in [1.54, 1.807) is 20.8 Å². The number of aliphatic hydroxyl groups is 1. The van der Waals surface area contributed by atoms with E-state index in [4.69, 9.17) is 5.73 Å². The normalized spacial score (nSPS) is 17.9. The number of carbonyl (C=O) groups excluding carboxylic acids is 3. The maximum absolute atomic E-state index is 13.6. The van der Waals surface area contributed by atoms with Gasteiger partial charge in [0, 0.05) is 24.9 Å². The number of hydrogen-bond acceptors (Lipinski definition) is 6. The van der Waals surface area contributed by atoms with Gasteiger partial charge in [0.2, 0.25) is 17.7 Å². The van der Waals surface area contributed by atoms with Crippen molar-refractivity contribution in [2.75, 3.05) is 19.6 Å². The molecule has 0 radical (unpaired) electrons. The third-order valence-corrected chi connectivity index (χ3v) is 6.10. The second-order valence-corrected chi connectivity index (χ2v) is 9.95. The molecule has 0 aliphatic carbocycles. The summed E-state index contributed by atoms with van der Waals surface area (Å²) in [6.07, 6.45) is 0.695. The van der Waals surface area contributed by atoms with Gasteiger partial charge in [0.05, 0.1) is 12.1 Å². The quantitative estimate of drug-likeness (QED) is 0.463. The molecule has 1 heterocycles. The maximum atomic E-state index is 13.6. The van der Waals surface area contributed by atoms with E-state index in [0.29, 0.717) is 13.0 Å². The van der Waals surface area contributed by atoms with Crippen LogP contribution in [-0.2, 0) is 20.8 Å². The van der Waals surface area contributed by atoms with Crippen molar-refractivity contribution < 1.29 is 19.5 Å². The Labute approximate surface area is 200 Å². The Morgan fingerprint density at radius 1 is 1.18 bits per heavy atom. The molecular formula is C26H36N4O4. The zero-order chi connectivity index (χ0) is 24.9. The van der Waals surface area contributed by atoms with Crippen molar-refractivity contribution >= 4 is 28.5 Å². The van der Waals surface area contributed by atoms with Crippen LogP contribution >= 0.6 is 0 Å². The van der Waals surface area contributed by atoms with Crippen molar-refractivity contribution in [3.05, 3.63) is 48.0 Å². The molecule has 8 nitrogen and oxygen atoms in total. The highest BCUT2D eigenvalue weighted by atomic mass is 16.3. The lowest BCUT2D eigenvalue weighted by molar-refractivity contribution is -0.157. The summed E-state index contributed by atoms with van der Waals surface area (Å²) in [7, 11) is 0. The van der Waals surface area contributed by atoms with E-state index in [0.717, 1.165) is 27.7 Å². The summed E-state index contributed by atoms with van der Waals surface area (Å²) in [6.45, 7) is 5.84. The third kappa shape index (κ3) is 6.20. The van der Waals surface area contributed by atoms with Crippen molar-refractivity contribution in [1.29, 1.82) is 0 Å². The van der Waals surface area contributed by atoms with E-state index in [1.807, 2.05) is 42.5 Å². The van der Waals surface area contributed by atoms with Crippen LogP contribution in [0, 0.1) is 5.41 Å². The number of benzene rings is 2. The van der Waals surface area contributed by atoms with E-state index in [-0.39, 0.29) is 19.5 Å². The summed E-state index contributed by atoms with van der Waals surface area (Å²) < 4.78 is 0. The molecule has 3 amide bonds. The molecule has 0 spiro atoms. The Bertz CT molecular complexity index is 1030. The lowest BCUT2D eigenvalue weighted by atomic mass is 9.91. The topological polar surface area (TPSA) is 125 Å². The first kappa shape index (κ1) is 25.8. The molecule has 5 N–H and O–H groups in total. The summed E-state index contributed by atoms with van der Waals surface area (Å²) in [5, 5.41) is 17.8. The Morgan fingerprint density at radius 2 is 1.88 bits per heavy atom. The summed E-state index contributed by atoms with van der Waals surface area (Å²) in [5.41, 5.74) is 5.44. The smallest absolute Gasteiger partial charge is 0.247 e. The van der Waals surface area contributed by atoms with Gasteiger partial charge in [0.1, 0.15) is 6.04 Å². The predicted octanol–water partition coefficient (Wildman–Crippen LogP) is 1.34. The minimum Gasteiger partial charge on any atom is -0.390 e. The van der Waals surface area contributed by atoms with E-state index in [2.05, 4.69) is 10.6 Å². The maximum Gasteiger partial charge on any atom is 0.247 e. The predicted molar refractivity (Wildman–Crippen MR) is 132 cm³/mol. The van der Waals surface area contributed by atoms with Crippen LogP contribution in [0.2, 0.25) is 0 Å². The lowest BCUT2D eigenvalue weighted by Crippen LogP contribution is -2.60. The summed E-state index contributed by atoms with van der Waals surface area (Å²) in [5.74, 6) is -1.30. The monoisotopic (exact) mass is 468 g/mol. The lowest BCUT2D eigenvalue weighted by Gasteiger charge is -2.35. The molecule has 0 saturated carbocycles. The Kier molecular flexibility index (Phi) is 8.41. The van der Waals surface area contributed by atoms with E-state index in [9.17, 15) is 19.5 Å². The molecule has 1 fully saturated rings. The number of nitrogens with two attached hydrogens (primary N) is 1. The third-order valence-electron chi connectivity index (χ3n) is 6.10. The van der Waals surface area contributed by atoms with Crippen LogP contribution in [-0.4, -0.2) is 65.5 Å². The van der Waals surface area contributed by atoms with Crippen LogP contribution in [0.5, 0.6) is 0 Å². The van der Waals surface area contributed by atoms with E-state index in [1.165, 1.54) is 0 Å². The Morgan fingerprint density at radius 3 is 2.50 bits per heavy atom. The molecule has 1 aliphatic rings. The molecule has 0 aromatic heterocycles. The van der Waals surface area contributed by atoms with Crippen molar-refractivity contribution in [2.45, 2.75) is 58.2 Å². The van der Waals surface area contributed by atoms with E-state index < -0.39 is 41.3 Å². The van der Waals surface area contributed by atoms with Crippen LogP contribution in [0.3, 0.4) is 0 Å². The molecule has 3 rings (SSSR count). The first-order valence-corrected chi connectivity index (χ1v) is 11.9. The fraction of sp³-hybridized carbons (Fsp3) is 0.500. The second-order valence-electron chi connectivity index (χ2n) is 9.95. The van der Waals surface area contributed by atoms with Gasteiger partial charge in [-0.3, -0.25) is 19.3 Å². The fourth-order valence-corrected chi connectivity index (χ4v) is 4.13. The molecule has 8 heteroatoms. The Hall–Kier alpha value is -2.81. The van der Waals surface area contributed by atoms with Gasteiger partial charge in [-0.1, -0.05) is 63.2 Å². The van der Waals surface area contributed by atoms with Crippen molar-refractivity contribution in [2.24, 2.45) is 11.1 Å². The van der Waals surface area contributed by atoms with Gasteiger partial charge >= 0.3 is 0 Å². The number of hydrogen-bond donors (Lipinski definition) is 4. The number of carbonyl (C=O) groups is 3. The van der Waals surface area contributed by atoms with Crippen LogP contribution < -0.4 is 16.4 Å². The first-order chi connectivity index (χ1) is 16.1. The van der Waals surface area contributed by atoms with Gasteiger partial charge in [0.25, 0.3) is 0 Å². The van der Waals surface area contributed by atoms with Gasteiger partial charge in [-0.2, -0.15) is 0 Å². The summed E-state index contributed by atoms with van der Waals surface area (Å²) >= 11 is 0. The average molecular weight is 469 g/mol. The van der Waals surface area contributed by atoms with Crippen molar-refractivity contribution in [3.8, 4) is 0 Å². The molecule has 34 heavy (non-hydrogen) atoms. The molecule has 1 aliphatic heterocycles. The number of nitrogens with one attached hydrogen (secondary N) is 2. The van der Waals surface area contributed by atoms with Gasteiger partial charge in [-0.15, -0.1) is 0 Å². The number of amides is 3. The number of aliphatic hydroxyl groups excluding tert-OH is 1. The zero-order valence-electron chi connectivity index (χ0n) is 20.2. The number of nitrogens with zero attached hydrogens (tertiary/aromatic N) is 1. The highest BCUT2D eigenvalue weighted by Crippen LogP contribution is 2.25. The minimum atomic E-state index is -1.06. The molecule has 3 atom stereocenters. The molecule has 2 aromatic carbocycles. The molecule has 1 unspecified atom stereocenters. The van der Waals surface area contributed by atoms with Crippen molar-refractivity contribution in [1.82, 2.24) is 15.5 Å². The highest BCUT2D eigenvalue weighted by molar-refractivity contribution is 6.04. The summed E-state index contributed by atoms with van der Waals surface area (Å²) in [6, 6.07) is 12.2. The molecular weight excluding hydrogens is 432 g/mol. The zero-order valence-corrected chi connectivity index (χ0v) is 20.2. The van der Waals surface area contributed by atoms with Crippen molar-refractivity contribution in [3.63, 3.8) is 0 Å². The molecule has 184 valence electrons. The Balaban J connectivity index is 2.00. The van der Waals surface area contributed by atoms with Crippen LogP contribution in [0.15, 0.2) is 42.5 Å². The SMILES string of the molecule is CC(C)(C)C(=O)N(C(=O)[C@@H]1CCCN1)[C@H](Cc1ccc2ccccc2c1)C(=O)NCC(O)CN. The van der Waals surface area contributed by atoms with Gasteiger partial charge < -0.3 is 21.5 Å². The number of fused-ring (bicyclic) bond motifs is 1. The van der Waals surface area contributed by atoms with Gasteiger partial charge in [-0.05, 0) is 35.7 Å². The average Bonchev–Trinajstić information content (AvgIpc) is 3.36. The van der Waals surface area contributed by atoms with Gasteiger partial charge in [0.15, 0.2) is 0 Å².